The molecule has 7 heteroatoms. The van der Waals surface area contributed by atoms with Crippen LogP contribution in [-0.4, -0.2) is 60.0 Å². The number of aromatic nitrogens is 2. The van der Waals surface area contributed by atoms with Gasteiger partial charge in [-0.15, -0.1) is 0 Å². The highest BCUT2D eigenvalue weighted by Crippen LogP contribution is 2.30. The Kier molecular flexibility index (Phi) is 5.66. The van der Waals surface area contributed by atoms with E-state index in [2.05, 4.69) is 20.1 Å². The molecule has 2 N–H and O–H groups in total. The first-order valence-corrected chi connectivity index (χ1v) is 11.4. The van der Waals surface area contributed by atoms with Gasteiger partial charge in [-0.2, -0.15) is 0 Å². The summed E-state index contributed by atoms with van der Waals surface area (Å²) in [6, 6.07) is 16.0. The summed E-state index contributed by atoms with van der Waals surface area (Å²) in [5.74, 6) is 1.05. The van der Waals surface area contributed by atoms with Gasteiger partial charge in [0.1, 0.15) is 5.82 Å². The van der Waals surface area contributed by atoms with E-state index in [1.54, 1.807) is 7.05 Å². The number of aromatic amines is 1. The zero-order valence-electron chi connectivity index (χ0n) is 18.4. The van der Waals surface area contributed by atoms with Crippen LogP contribution >= 0.6 is 0 Å². The van der Waals surface area contributed by atoms with Crippen LogP contribution in [0.2, 0.25) is 0 Å². The summed E-state index contributed by atoms with van der Waals surface area (Å²) >= 11 is 0. The number of nitrogens with one attached hydrogen (secondary N) is 2. The largest absolute Gasteiger partial charge is 0.371 e. The van der Waals surface area contributed by atoms with Crippen molar-refractivity contribution in [2.45, 2.75) is 31.2 Å². The van der Waals surface area contributed by atoms with Gasteiger partial charge in [-0.05, 0) is 62.2 Å². The van der Waals surface area contributed by atoms with Crippen molar-refractivity contribution in [3.8, 4) is 0 Å². The Morgan fingerprint density at radius 1 is 1.03 bits per heavy atom. The number of nitrogens with zero attached hydrogens (tertiary/aromatic N) is 3. The molecule has 2 saturated heterocycles. The molecule has 7 nitrogen and oxygen atoms in total. The lowest BCUT2D eigenvalue weighted by molar-refractivity contribution is 0.0963. The van der Waals surface area contributed by atoms with Crippen molar-refractivity contribution in [2.24, 2.45) is 0 Å². The summed E-state index contributed by atoms with van der Waals surface area (Å²) in [6.45, 7) is 4.02. The lowest BCUT2D eigenvalue weighted by Crippen LogP contribution is -2.44. The van der Waals surface area contributed by atoms with Crippen molar-refractivity contribution in [3.05, 3.63) is 70.3 Å². The third-order valence-corrected chi connectivity index (χ3v) is 6.94. The monoisotopic (exact) mass is 431 g/mol. The molecular formula is C25H29N5O2. The number of piperidine rings is 1. The van der Waals surface area contributed by atoms with Crippen LogP contribution < -0.4 is 15.8 Å². The number of hydrogen-bond donors (Lipinski definition) is 2. The maximum atomic E-state index is 12.4. The smallest absolute Gasteiger partial charge is 0.258 e. The molecule has 2 aromatic carbocycles. The molecule has 1 atom stereocenters. The highest BCUT2D eigenvalue weighted by molar-refractivity contribution is 5.94. The maximum Gasteiger partial charge on any atom is 0.258 e. The number of amides is 1. The molecule has 3 aromatic rings. The number of rotatable bonds is 4. The molecule has 0 radical (unpaired) electrons. The van der Waals surface area contributed by atoms with Gasteiger partial charge in [0.15, 0.2) is 0 Å². The predicted octanol–water partition coefficient (Wildman–Crippen LogP) is 2.74. The van der Waals surface area contributed by atoms with E-state index in [1.807, 2.05) is 48.5 Å². The highest BCUT2D eigenvalue weighted by Gasteiger charge is 2.32. The minimum absolute atomic E-state index is 0.0419. The first-order chi connectivity index (χ1) is 15.6. The molecule has 0 bridgehead atoms. The van der Waals surface area contributed by atoms with Crippen molar-refractivity contribution in [3.63, 3.8) is 0 Å². The second-order valence-electron chi connectivity index (χ2n) is 8.79. The fourth-order valence-electron chi connectivity index (χ4n) is 5.10. The Morgan fingerprint density at radius 3 is 2.53 bits per heavy atom. The van der Waals surface area contributed by atoms with E-state index in [4.69, 9.17) is 4.98 Å². The van der Waals surface area contributed by atoms with Gasteiger partial charge >= 0.3 is 0 Å². The number of para-hydroxylation sites is 1. The van der Waals surface area contributed by atoms with Crippen molar-refractivity contribution < 1.29 is 4.79 Å². The summed E-state index contributed by atoms with van der Waals surface area (Å²) in [7, 11) is 1.65. The van der Waals surface area contributed by atoms with Gasteiger partial charge in [0.2, 0.25) is 0 Å². The van der Waals surface area contributed by atoms with Gasteiger partial charge in [0.05, 0.1) is 10.9 Å². The third kappa shape index (κ3) is 4.00. The predicted molar refractivity (Wildman–Crippen MR) is 126 cm³/mol. The molecule has 1 amide bonds. The molecule has 2 aliphatic heterocycles. The van der Waals surface area contributed by atoms with Crippen LogP contribution in [0.3, 0.4) is 0 Å². The minimum Gasteiger partial charge on any atom is -0.371 e. The Hall–Kier alpha value is -3.19. The van der Waals surface area contributed by atoms with E-state index in [1.165, 1.54) is 5.69 Å². The topological polar surface area (TPSA) is 81.3 Å². The van der Waals surface area contributed by atoms with E-state index < -0.39 is 0 Å². The maximum absolute atomic E-state index is 12.4. The van der Waals surface area contributed by atoms with Gasteiger partial charge in [0, 0.05) is 49.9 Å². The summed E-state index contributed by atoms with van der Waals surface area (Å²) < 4.78 is 0. The fraction of sp³-hybridized carbons (Fsp3) is 0.400. The quantitative estimate of drug-likeness (QED) is 0.664. The van der Waals surface area contributed by atoms with E-state index in [-0.39, 0.29) is 17.4 Å². The minimum atomic E-state index is -0.0545. The van der Waals surface area contributed by atoms with Crippen LogP contribution in [0.25, 0.3) is 10.9 Å². The van der Waals surface area contributed by atoms with E-state index in [0.29, 0.717) is 17.0 Å². The number of H-pyrrole nitrogens is 1. The number of anilines is 1. The number of hydrogen-bond acceptors (Lipinski definition) is 5. The average molecular weight is 432 g/mol. The molecule has 0 aliphatic carbocycles. The van der Waals surface area contributed by atoms with Crippen LogP contribution in [0, 0.1) is 0 Å². The Morgan fingerprint density at radius 2 is 1.78 bits per heavy atom. The molecule has 3 heterocycles. The van der Waals surface area contributed by atoms with E-state index >= 15 is 0 Å². The van der Waals surface area contributed by atoms with Crippen molar-refractivity contribution in [1.29, 1.82) is 0 Å². The molecule has 1 unspecified atom stereocenters. The van der Waals surface area contributed by atoms with Crippen molar-refractivity contribution >= 4 is 22.5 Å². The zero-order chi connectivity index (χ0) is 22.1. The van der Waals surface area contributed by atoms with Gasteiger partial charge in [-0.25, -0.2) is 4.98 Å². The van der Waals surface area contributed by atoms with Crippen molar-refractivity contribution in [1.82, 2.24) is 20.2 Å². The second-order valence-corrected chi connectivity index (χ2v) is 8.79. The van der Waals surface area contributed by atoms with Gasteiger partial charge in [0.25, 0.3) is 11.5 Å². The lowest BCUT2D eigenvalue weighted by Gasteiger charge is -2.38. The number of carbonyl (C=O) groups excluding carboxylic acids is 1. The summed E-state index contributed by atoms with van der Waals surface area (Å²) in [5.41, 5.74) is 2.60. The molecule has 5 rings (SSSR count). The molecule has 0 saturated carbocycles. The molecule has 2 aliphatic rings. The van der Waals surface area contributed by atoms with Crippen LogP contribution in [0.5, 0.6) is 0 Å². The molecule has 2 fully saturated rings. The number of likely N-dealkylation sites (tertiary alicyclic amines) is 1. The fourth-order valence-corrected chi connectivity index (χ4v) is 5.10. The van der Waals surface area contributed by atoms with Gasteiger partial charge in [-0.1, -0.05) is 12.1 Å². The van der Waals surface area contributed by atoms with Crippen LogP contribution in [0.15, 0.2) is 53.3 Å². The first kappa shape index (κ1) is 20.7. The SMILES string of the molecule is CNC(=O)c1ccc(N2CCC(N3CCC(c4nc5ccccc5c(=O)[nH]4)C3)CC2)cc1. The summed E-state index contributed by atoms with van der Waals surface area (Å²) in [4.78, 5) is 37.0. The molecule has 32 heavy (non-hydrogen) atoms. The standard InChI is InChI=1S/C25H29N5O2/c1-26-24(31)17-6-8-19(9-7-17)29-14-11-20(12-15-29)30-13-10-18(16-30)23-27-22-5-3-2-4-21(22)25(32)28-23/h2-9,18,20H,10-16H2,1H3,(H,26,31)(H,27,28,32). The van der Waals surface area contributed by atoms with E-state index in [9.17, 15) is 9.59 Å². The lowest BCUT2D eigenvalue weighted by atomic mass is 10.0. The number of fused-ring (bicyclic) bond motifs is 1. The van der Waals surface area contributed by atoms with Crippen molar-refractivity contribution in [2.75, 3.05) is 38.1 Å². The summed E-state index contributed by atoms with van der Waals surface area (Å²) in [6.07, 6.45) is 3.26. The molecular weight excluding hydrogens is 402 g/mol. The normalized spacial score (nSPS) is 20.0. The Balaban J connectivity index is 1.20. The van der Waals surface area contributed by atoms with Crippen LogP contribution in [-0.2, 0) is 0 Å². The number of carbonyl (C=O) groups is 1. The second kappa shape index (κ2) is 8.74. The number of benzene rings is 2. The van der Waals surface area contributed by atoms with E-state index in [0.717, 1.165) is 56.8 Å². The molecule has 166 valence electrons. The van der Waals surface area contributed by atoms with Gasteiger partial charge in [-0.3, -0.25) is 14.5 Å². The average Bonchev–Trinajstić information content (AvgIpc) is 3.34. The summed E-state index contributed by atoms with van der Waals surface area (Å²) in [5, 5.41) is 3.32. The first-order valence-electron chi connectivity index (χ1n) is 11.4. The van der Waals surface area contributed by atoms with Crippen LogP contribution in [0.4, 0.5) is 5.69 Å². The highest BCUT2D eigenvalue weighted by atomic mass is 16.1. The zero-order valence-corrected chi connectivity index (χ0v) is 18.4. The van der Waals surface area contributed by atoms with Crippen LogP contribution in [0.1, 0.15) is 41.4 Å². The molecule has 0 spiro atoms. The van der Waals surface area contributed by atoms with Gasteiger partial charge < -0.3 is 15.2 Å². The third-order valence-electron chi connectivity index (χ3n) is 6.94. The molecule has 1 aromatic heterocycles. The Labute approximate surface area is 187 Å². The Bertz CT molecular complexity index is 1160.